The van der Waals surface area contributed by atoms with Crippen molar-refractivity contribution in [1.29, 1.82) is 0 Å². The minimum Gasteiger partial charge on any atom is -0.494 e. The second-order valence-corrected chi connectivity index (χ2v) is 6.13. The van der Waals surface area contributed by atoms with Crippen LogP contribution in [0, 0.1) is 0 Å². The smallest absolute Gasteiger partial charge is 0.271 e. The van der Waals surface area contributed by atoms with Crippen molar-refractivity contribution in [2.45, 2.75) is 39.5 Å². The summed E-state index contributed by atoms with van der Waals surface area (Å²) in [5.74, 6) is 1.33. The summed E-state index contributed by atoms with van der Waals surface area (Å²) in [4.78, 5) is 12.1. The van der Waals surface area contributed by atoms with E-state index in [0.29, 0.717) is 18.8 Å². The molecule has 0 aliphatic rings. The molecule has 0 saturated heterocycles. The third-order valence-electron chi connectivity index (χ3n) is 3.95. The van der Waals surface area contributed by atoms with E-state index in [2.05, 4.69) is 17.5 Å². The van der Waals surface area contributed by atoms with E-state index >= 15 is 0 Å². The van der Waals surface area contributed by atoms with E-state index < -0.39 is 0 Å². The molecule has 1 amide bonds. The van der Waals surface area contributed by atoms with Crippen LogP contribution in [-0.4, -0.2) is 25.3 Å². The number of amides is 1. The van der Waals surface area contributed by atoms with E-state index in [-0.39, 0.29) is 5.91 Å². The van der Waals surface area contributed by atoms with Crippen LogP contribution < -0.4 is 14.9 Å². The standard InChI is InChI=1S/C22H28N2O3/c1-3-5-6-7-16-27-21-14-10-19(11-15-21)22(25)24-23-17-18-8-12-20(13-9-18)26-4-2/h8-15,17H,3-7,16H2,1-2H3,(H,24,25)/b23-17+. The first-order valence-corrected chi connectivity index (χ1v) is 9.52. The second kappa shape index (κ2) is 11.7. The molecule has 2 aromatic carbocycles. The zero-order chi connectivity index (χ0) is 19.3. The Labute approximate surface area is 161 Å². The molecule has 0 heterocycles. The number of carbonyl (C=O) groups excluding carboxylic acids is 1. The second-order valence-electron chi connectivity index (χ2n) is 6.13. The fraction of sp³-hybridized carbons (Fsp3) is 0.364. The fourth-order valence-electron chi connectivity index (χ4n) is 2.47. The largest absolute Gasteiger partial charge is 0.494 e. The lowest BCUT2D eigenvalue weighted by molar-refractivity contribution is 0.0955. The molecule has 0 saturated carbocycles. The normalized spacial score (nSPS) is 10.7. The SMILES string of the molecule is CCCCCCOc1ccc(C(=O)N/N=C/c2ccc(OCC)cc2)cc1. The van der Waals surface area contributed by atoms with Crippen LogP contribution in [0.4, 0.5) is 0 Å². The predicted octanol–water partition coefficient (Wildman–Crippen LogP) is 4.81. The van der Waals surface area contributed by atoms with Crippen molar-refractivity contribution in [1.82, 2.24) is 5.43 Å². The number of hydrazone groups is 1. The Morgan fingerprint density at radius 3 is 2.26 bits per heavy atom. The number of carbonyl (C=O) groups is 1. The Kier molecular flexibility index (Phi) is 8.90. The number of benzene rings is 2. The molecule has 5 nitrogen and oxygen atoms in total. The number of rotatable bonds is 11. The summed E-state index contributed by atoms with van der Waals surface area (Å²) in [6.45, 7) is 5.47. The monoisotopic (exact) mass is 368 g/mol. The van der Waals surface area contributed by atoms with Gasteiger partial charge in [0, 0.05) is 5.56 Å². The Morgan fingerprint density at radius 2 is 1.59 bits per heavy atom. The highest BCUT2D eigenvalue weighted by Crippen LogP contribution is 2.13. The van der Waals surface area contributed by atoms with Crippen molar-refractivity contribution in [3.05, 3.63) is 59.7 Å². The van der Waals surface area contributed by atoms with E-state index in [0.717, 1.165) is 23.5 Å². The van der Waals surface area contributed by atoms with Crippen LogP contribution in [0.1, 0.15) is 55.5 Å². The van der Waals surface area contributed by atoms with Crippen LogP contribution in [0.25, 0.3) is 0 Å². The number of ether oxygens (including phenoxy) is 2. The minimum atomic E-state index is -0.258. The van der Waals surface area contributed by atoms with Gasteiger partial charge in [-0.15, -0.1) is 0 Å². The third kappa shape index (κ3) is 7.52. The average Bonchev–Trinajstić information content (AvgIpc) is 2.70. The van der Waals surface area contributed by atoms with Gasteiger partial charge in [0.15, 0.2) is 0 Å². The Morgan fingerprint density at radius 1 is 0.926 bits per heavy atom. The average molecular weight is 368 g/mol. The van der Waals surface area contributed by atoms with E-state index in [1.54, 1.807) is 18.3 Å². The van der Waals surface area contributed by atoms with E-state index in [1.807, 2.05) is 43.3 Å². The lowest BCUT2D eigenvalue weighted by Crippen LogP contribution is -2.17. The van der Waals surface area contributed by atoms with Gasteiger partial charge >= 0.3 is 0 Å². The quantitative estimate of drug-likeness (QED) is 0.352. The molecule has 144 valence electrons. The summed E-state index contributed by atoms with van der Waals surface area (Å²) in [6, 6.07) is 14.6. The Hall–Kier alpha value is -2.82. The molecule has 0 atom stereocenters. The first-order chi connectivity index (χ1) is 13.2. The molecule has 0 aliphatic heterocycles. The molecule has 2 rings (SSSR count). The number of unbranched alkanes of at least 4 members (excludes halogenated alkanes) is 3. The maximum Gasteiger partial charge on any atom is 0.271 e. The van der Waals surface area contributed by atoms with Crippen LogP contribution >= 0.6 is 0 Å². The first-order valence-electron chi connectivity index (χ1n) is 9.52. The summed E-state index contributed by atoms with van der Waals surface area (Å²) in [5, 5.41) is 4.00. The summed E-state index contributed by atoms with van der Waals surface area (Å²) in [5.41, 5.74) is 3.95. The van der Waals surface area contributed by atoms with Gasteiger partial charge in [0.1, 0.15) is 11.5 Å². The third-order valence-corrected chi connectivity index (χ3v) is 3.95. The summed E-state index contributed by atoms with van der Waals surface area (Å²) in [6.07, 6.45) is 6.28. The van der Waals surface area contributed by atoms with Crippen LogP contribution in [-0.2, 0) is 0 Å². The van der Waals surface area contributed by atoms with Crippen LogP contribution in [0.15, 0.2) is 53.6 Å². The number of hydrogen-bond donors (Lipinski definition) is 1. The molecular formula is C22H28N2O3. The molecule has 0 aromatic heterocycles. The minimum absolute atomic E-state index is 0.258. The van der Waals surface area contributed by atoms with E-state index in [9.17, 15) is 4.79 Å². The number of hydrogen-bond acceptors (Lipinski definition) is 4. The molecule has 27 heavy (non-hydrogen) atoms. The van der Waals surface area contributed by atoms with Gasteiger partial charge in [0.05, 0.1) is 19.4 Å². The number of nitrogens with zero attached hydrogens (tertiary/aromatic N) is 1. The highest BCUT2D eigenvalue weighted by Gasteiger charge is 2.04. The van der Waals surface area contributed by atoms with E-state index in [1.165, 1.54) is 19.3 Å². The summed E-state index contributed by atoms with van der Waals surface area (Å²) in [7, 11) is 0. The van der Waals surface area contributed by atoms with Crippen molar-refractivity contribution in [3.8, 4) is 11.5 Å². The molecular weight excluding hydrogens is 340 g/mol. The van der Waals surface area contributed by atoms with Crippen molar-refractivity contribution in [3.63, 3.8) is 0 Å². The molecule has 2 aromatic rings. The van der Waals surface area contributed by atoms with Gasteiger partial charge in [0.2, 0.25) is 0 Å². The van der Waals surface area contributed by atoms with Crippen molar-refractivity contribution in [2.24, 2.45) is 5.10 Å². The zero-order valence-corrected chi connectivity index (χ0v) is 16.1. The molecule has 0 bridgehead atoms. The summed E-state index contributed by atoms with van der Waals surface area (Å²) >= 11 is 0. The number of nitrogens with one attached hydrogen (secondary N) is 1. The molecule has 0 unspecified atom stereocenters. The van der Waals surface area contributed by atoms with Gasteiger partial charge in [-0.2, -0.15) is 5.10 Å². The molecule has 5 heteroatoms. The summed E-state index contributed by atoms with van der Waals surface area (Å²) < 4.78 is 11.1. The molecule has 0 aliphatic carbocycles. The first kappa shape index (κ1) is 20.5. The predicted molar refractivity (Wildman–Crippen MR) is 109 cm³/mol. The van der Waals surface area contributed by atoms with Crippen LogP contribution in [0.3, 0.4) is 0 Å². The molecule has 0 spiro atoms. The van der Waals surface area contributed by atoms with Crippen LogP contribution in [0.5, 0.6) is 11.5 Å². The van der Waals surface area contributed by atoms with Gasteiger partial charge in [0.25, 0.3) is 5.91 Å². The zero-order valence-electron chi connectivity index (χ0n) is 16.1. The highest BCUT2D eigenvalue weighted by molar-refractivity contribution is 5.95. The van der Waals surface area contributed by atoms with Gasteiger partial charge in [-0.05, 0) is 67.4 Å². The van der Waals surface area contributed by atoms with Gasteiger partial charge in [-0.25, -0.2) is 5.43 Å². The lowest BCUT2D eigenvalue weighted by Gasteiger charge is -2.06. The van der Waals surface area contributed by atoms with Crippen LogP contribution in [0.2, 0.25) is 0 Å². The highest BCUT2D eigenvalue weighted by atomic mass is 16.5. The van der Waals surface area contributed by atoms with E-state index in [4.69, 9.17) is 9.47 Å². The van der Waals surface area contributed by atoms with Gasteiger partial charge in [-0.1, -0.05) is 26.2 Å². The van der Waals surface area contributed by atoms with Crippen molar-refractivity contribution < 1.29 is 14.3 Å². The molecule has 0 fully saturated rings. The fourth-order valence-corrected chi connectivity index (χ4v) is 2.47. The van der Waals surface area contributed by atoms with Crippen molar-refractivity contribution in [2.75, 3.05) is 13.2 Å². The van der Waals surface area contributed by atoms with Gasteiger partial charge < -0.3 is 9.47 Å². The molecule has 0 radical (unpaired) electrons. The molecule has 1 N–H and O–H groups in total. The Balaban J connectivity index is 1.78. The lowest BCUT2D eigenvalue weighted by atomic mass is 10.2. The van der Waals surface area contributed by atoms with Crippen molar-refractivity contribution >= 4 is 12.1 Å². The maximum atomic E-state index is 12.1. The maximum absolute atomic E-state index is 12.1. The topological polar surface area (TPSA) is 59.9 Å². The van der Waals surface area contributed by atoms with Gasteiger partial charge in [-0.3, -0.25) is 4.79 Å². The Bertz CT molecular complexity index is 709.